The zero-order valence-corrected chi connectivity index (χ0v) is 12.7. The van der Waals surface area contributed by atoms with Gasteiger partial charge in [-0.25, -0.2) is 0 Å². The first-order valence-corrected chi connectivity index (χ1v) is 7.79. The van der Waals surface area contributed by atoms with E-state index in [0.717, 1.165) is 20.8 Å². The molecule has 0 bridgehead atoms. The van der Waals surface area contributed by atoms with Crippen LogP contribution in [0, 0.1) is 0 Å². The van der Waals surface area contributed by atoms with Crippen molar-refractivity contribution in [3.8, 4) is 0 Å². The molecule has 0 spiro atoms. The molecule has 1 aromatic heterocycles. The normalized spacial score (nSPS) is 11.8. The predicted octanol–water partition coefficient (Wildman–Crippen LogP) is 5.40. The smallest absolute Gasteiger partial charge is 0.398 e. The van der Waals surface area contributed by atoms with Gasteiger partial charge in [0.1, 0.15) is 0 Å². The molecule has 1 aromatic carbocycles. The number of thiophene rings is 1. The van der Waals surface area contributed by atoms with Crippen molar-refractivity contribution in [2.45, 2.75) is 16.8 Å². The Hall–Kier alpha value is -0.660. The second-order valence-electron chi connectivity index (χ2n) is 3.74. The number of nitrogens with two attached hydrogens (primary N) is 1. The summed E-state index contributed by atoms with van der Waals surface area (Å²) in [5.41, 5.74) is 5.11. The SMILES string of the molecule is Nc1cc(C(F)(F)F)ccc1SCc1ccc(Br)s1. The molecule has 0 aliphatic rings. The Labute approximate surface area is 125 Å². The molecule has 7 heteroatoms. The van der Waals surface area contributed by atoms with Crippen LogP contribution in [0.1, 0.15) is 10.4 Å². The maximum atomic E-state index is 12.5. The number of benzene rings is 1. The molecular formula is C12H9BrF3NS2. The summed E-state index contributed by atoms with van der Waals surface area (Å²) < 4.78 is 38.5. The van der Waals surface area contributed by atoms with Crippen LogP contribution in [0.15, 0.2) is 39.0 Å². The summed E-state index contributed by atoms with van der Waals surface area (Å²) in [5, 5.41) is 0. The number of halogens is 4. The quantitative estimate of drug-likeness (QED) is 0.580. The van der Waals surface area contributed by atoms with E-state index in [1.165, 1.54) is 17.8 Å². The summed E-state index contributed by atoms with van der Waals surface area (Å²) in [6.45, 7) is 0. The topological polar surface area (TPSA) is 26.0 Å². The van der Waals surface area contributed by atoms with Crippen molar-refractivity contribution in [3.63, 3.8) is 0 Å². The molecule has 0 saturated heterocycles. The predicted molar refractivity (Wildman–Crippen MR) is 77.4 cm³/mol. The van der Waals surface area contributed by atoms with E-state index >= 15 is 0 Å². The van der Waals surface area contributed by atoms with Gasteiger partial charge in [-0.15, -0.1) is 23.1 Å². The van der Waals surface area contributed by atoms with Gasteiger partial charge in [-0.05, 0) is 46.3 Å². The van der Waals surface area contributed by atoms with Crippen molar-refractivity contribution < 1.29 is 13.2 Å². The van der Waals surface area contributed by atoms with Gasteiger partial charge in [0.2, 0.25) is 0 Å². The van der Waals surface area contributed by atoms with E-state index in [4.69, 9.17) is 5.73 Å². The number of hydrogen-bond acceptors (Lipinski definition) is 3. The molecular weight excluding hydrogens is 359 g/mol. The highest BCUT2D eigenvalue weighted by atomic mass is 79.9. The zero-order valence-electron chi connectivity index (χ0n) is 9.50. The third kappa shape index (κ3) is 3.90. The van der Waals surface area contributed by atoms with E-state index in [-0.39, 0.29) is 5.69 Å². The molecule has 1 heterocycles. The van der Waals surface area contributed by atoms with Crippen molar-refractivity contribution in [1.82, 2.24) is 0 Å². The van der Waals surface area contributed by atoms with Gasteiger partial charge in [0.25, 0.3) is 0 Å². The van der Waals surface area contributed by atoms with E-state index in [2.05, 4.69) is 15.9 Å². The molecule has 2 aromatic rings. The summed E-state index contributed by atoms with van der Waals surface area (Å²) in [5.74, 6) is 0.686. The molecule has 0 fully saturated rings. The van der Waals surface area contributed by atoms with Crippen LogP contribution in [-0.2, 0) is 11.9 Å². The molecule has 0 atom stereocenters. The molecule has 102 valence electrons. The van der Waals surface area contributed by atoms with Gasteiger partial charge in [-0.3, -0.25) is 0 Å². The average Bonchev–Trinajstić information content (AvgIpc) is 2.72. The second kappa shape index (κ2) is 5.76. The van der Waals surface area contributed by atoms with Gasteiger partial charge in [-0.1, -0.05) is 0 Å². The first-order valence-electron chi connectivity index (χ1n) is 5.20. The third-order valence-electron chi connectivity index (χ3n) is 2.34. The molecule has 0 aliphatic carbocycles. The van der Waals surface area contributed by atoms with Gasteiger partial charge < -0.3 is 5.73 Å². The van der Waals surface area contributed by atoms with Crippen LogP contribution >= 0.6 is 39.0 Å². The highest BCUT2D eigenvalue weighted by Gasteiger charge is 2.30. The Bertz CT molecular complexity index is 581. The average molecular weight is 368 g/mol. The molecule has 0 radical (unpaired) electrons. The van der Waals surface area contributed by atoms with Crippen LogP contribution < -0.4 is 5.73 Å². The van der Waals surface area contributed by atoms with Crippen LogP contribution in [0.3, 0.4) is 0 Å². The summed E-state index contributed by atoms with van der Waals surface area (Å²) in [7, 11) is 0. The number of nitrogen functional groups attached to an aromatic ring is 1. The Morgan fingerprint density at radius 2 is 1.95 bits per heavy atom. The van der Waals surface area contributed by atoms with Gasteiger partial charge in [0.15, 0.2) is 0 Å². The van der Waals surface area contributed by atoms with Crippen LogP contribution in [-0.4, -0.2) is 0 Å². The highest BCUT2D eigenvalue weighted by Crippen LogP contribution is 2.36. The fourth-order valence-corrected chi connectivity index (χ4v) is 3.91. The van der Waals surface area contributed by atoms with E-state index in [1.807, 2.05) is 12.1 Å². The largest absolute Gasteiger partial charge is 0.416 e. The minimum absolute atomic E-state index is 0.162. The standard InChI is InChI=1S/C12H9BrF3NS2/c13-11-4-2-8(19-11)6-18-10-3-1-7(5-9(10)17)12(14,15)16/h1-5H,6,17H2. The van der Waals surface area contributed by atoms with Crippen molar-refractivity contribution in [3.05, 3.63) is 44.6 Å². The minimum atomic E-state index is -4.35. The van der Waals surface area contributed by atoms with Crippen LogP contribution in [0.25, 0.3) is 0 Å². The third-order valence-corrected chi connectivity index (χ3v) is 5.28. The number of alkyl halides is 3. The lowest BCUT2D eigenvalue weighted by Gasteiger charge is -2.10. The van der Waals surface area contributed by atoms with Crippen molar-refractivity contribution in [2.24, 2.45) is 0 Å². The van der Waals surface area contributed by atoms with E-state index < -0.39 is 11.7 Å². The summed E-state index contributed by atoms with van der Waals surface area (Å²) in [6.07, 6.45) is -4.35. The van der Waals surface area contributed by atoms with Crippen LogP contribution in [0.5, 0.6) is 0 Å². The Morgan fingerprint density at radius 1 is 1.21 bits per heavy atom. The molecule has 1 nitrogen and oxygen atoms in total. The molecule has 0 unspecified atom stereocenters. The second-order valence-corrected chi connectivity index (χ2v) is 7.31. The molecule has 0 saturated carbocycles. The zero-order chi connectivity index (χ0) is 14.0. The molecule has 19 heavy (non-hydrogen) atoms. The number of anilines is 1. The molecule has 0 aliphatic heterocycles. The van der Waals surface area contributed by atoms with Crippen LogP contribution in [0.2, 0.25) is 0 Å². The van der Waals surface area contributed by atoms with Gasteiger partial charge in [0, 0.05) is 21.2 Å². The highest BCUT2D eigenvalue weighted by molar-refractivity contribution is 9.11. The lowest BCUT2D eigenvalue weighted by Crippen LogP contribution is -2.05. The first-order chi connectivity index (χ1) is 8.86. The van der Waals surface area contributed by atoms with E-state index in [1.54, 1.807) is 11.3 Å². The number of rotatable bonds is 3. The summed E-state index contributed by atoms with van der Waals surface area (Å²) in [6, 6.07) is 7.37. The lowest BCUT2D eigenvalue weighted by atomic mass is 10.2. The lowest BCUT2D eigenvalue weighted by molar-refractivity contribution is -0.137. The maximum absolute atomic E-state index is 12.5. The molecule has 2 N–H and O–H groups in total. The van der Waals surface area contributed by atoms with Gasteiger partial charge in [0.05, 0.1) is 9.35 Å². The van der Waals surface area contributed by atoms with Gasteiger partial charge in [-0.2, -0.15) is 13.2 Å². The molecule has 0 amide bonds. The minimum Gasteiger partial charge on any atom is -0.398 e. The van der Waals surface area contributed by atoms with Crippen molar-refractivity contribution >= 4 is 44.7 Å². The molecule has 2 rings (SSSR count). The summed E-state index contributed by atoms with van der Waals surface area (Å²) in [4.78, 5) is 1.80. The fraction of sp³-hybridized carbons (Fsp3) is 0.167. The van der Waals surface area contributed by atoms with E-state index in [0.29, 0.717) is 10.6 Å². The maximum Gasteiger partial charge on any atom is 0.416 e. The Balaban J connectivity index is 2.09. The van der Waals surface area contributed by atoms with Crippen molar-refractivity contribution in [1.29, 1.82) is 0 Å². The monoisotopic (exact) mass is 367 g/mol. The Kier molecular flexibility index (Phi) is 4.47. The number of hydrogen-bond donors (Lipinski definition) is 1. The Morgan fingerprint density at radius 3 is 2.47 bits per heavy atom. The van der Waals surface area contributed by atoms with Gasteiger partial charge >= 0.3 is 6.18 Å². The van der Waals surface area contributed by atoms with Crippen molar-refractivity contribution in [2.75, 3.05) is 5.73 Å². The number of thioether (sulfide) groups is 1. The van der Waals surface area contributed by atoms with E-state index in [9.17, 15) is 13.2 Å². The summed E-state index contributed by atoms with van der Waals surface area (Å²) >= 11 is 6.39. The van der Waals surface area contributed by atoms with Crippen LogP contribution in [0.4, 0.5) is 18.9 Å². The fourth-order valence-electron chi connectivity index (χ4n) is 1.43. The first kappa shape index (κ1) is 14.7.